The molecular formula is C12H21N3O4S. The number of methoxy groups -OCH3 is 1. The van der Waals surface area contributed by atoms with Crippen molar-refractivity contribution in [2.24, 2.45) is 0 Å². The standard InChI is InChI=1S/C12H21N3O4S/c1-12(2,3)19-11(17)15-8(9(16)18-4)5-7-6-13-10(20)14-7/h6,8,10,13-14,20H,5H2,1-4H3,(H,15,17)/t8-,10-/m0/s1. The van der Waals surface area contributed by atoms with Gasteiger partial charge in [-0.25, -0.2) is 9.59 Å². The summed E-state index contributed by atoms with van der Waals surface area (Å²) in [5.41, 5.74) is -0.0887. The van der Waals surface area contributed by atoms with Gasteiger partial charge in [0, 0.05) is 18.3 Å². The average Bonchev–Trinajstić information content (AvgIpc) is 2.70. The van der Waals surface area contributed by atoms with Crippen LogP contribution in [0, 0.1) is 0 Å². The topological polar surface area (TPSA) is 88.7 Å². The van der Waals surface area contributed by atoms with Crippen LogP contribution in [-0.2, 0) is 14.3 Å². The van der Waals surface area contributed by atoms with Crippen molar-refractivity contribution in [1.29, 1.82) is 0 Å². The van der Waals surface area contributed by atoms with Crippen LogP contribution in [0.2, 0.25) is 0 Å². The van der Waals surface area contributed by atoms with Gasteiger partial charge >= 0.3 is 12.1 Å². The van der Waals surface area contributed by atoms with Crippen LogP contribution in [0.5, 0.6) is 0 Å². The first-order valence-electron chi connectivity index (χ1n) is 6.18. The van der Waals surface area contributed by atoms with Gasteiger partial charge in [-0.15, -0.1) is 12.6 Å². The summed E-state index contributed by atoms with van der Waals surface area (Å²) in [7, 11) is 1.27. The SMILES string of the molecule is COC(=O)[C@H](CC1=CN[C@H](S)N1)NC(=O)OC(C)(C)C. The third-order valence-corrected chi connectivity index (χ3v) is 2.62. The highest BCUT2D eigenvalue weighted by Gasteiger charge is 2.27. The fourth-order valence-corrected chi connectivity index (χ4v) is 1.80. The second kappa shape index (κ2) is 6.74. The lowest BCUT2D eigenvalue weighted by molar-refractivity contribution is -0.143. The van der Waals surface area contributed by atoms with Gasteiger partial charge < -0.3 is 25.4 Å². The molecule has 1 aliphatic rings. The quantitative estimate of drug-likeness (QED) is 0.451. The Balaban J connectivity index is 2.61. The van der Waals surface area contributed by atoms with E-state index in [1.54, 1.807) is 27.0 Å². The molecule has 0 saturated heterocycles. The molecule has 1 amide bonds. The van der Waals surface area contributed by atoms with Crippen LogP contribution in [0.15, 0.2) is 11.9 Å². The molecule has 0 saturated carbocycles. The average molecular weight is 303 g/mol. The monoisotopic (exact) mass is 303 g/mol. The van der Waals surface area contributed by atoms with E-state index in [4.69, 9.17) is 4.74 Å². The zero-order chi connectivity index (χ0) is 15.3. The van der Waals surface area contributed by atoms with E-state index in [2.05, 4.69) is 33.3 Å². The number of carbonyl (C=O) groups excluding carboxylic acids is 2. The third-order valence-electron chi connectivity index (χ3n) is 2.34. The first kappa shape index (κ1) is 16.5. The fourth-order valence-electron chi connectivity index (χ4n) is 1.56. The Morgan fingerprint density at radius 2 is 2.15 bits per heavy atom. The Labute approximate surface area is 123 Å². The van der Waals surface area contributed by atoms with Crippen LogP contribution >= 0.6 is 12.6 Å². The molecule has 3 N–H and O–H groups in total. The Kier molecular flexibility index (Phi) is 5.55. The molecule has 0 unspecified atom stereocenters. The number of nitrogens with one attached hydrogen (secondary N) is 3. The van der Waals surface area contributed by atoms with E-state index < -0.39 is 23.7 Å². The molecule has 0 aliphatic carbocycles. The van der Waals surface area contributed by atoms with Crippen LogP contribution in [0.4, 0.5) is 4.79 Å². The van der Waals surface area contributed by atoms with Gasteiger partial charge in [0.05, 0.1) is 7.11 Å². The minimum Gasteiger partial charge on any atom is -0.467 e. The molecule has 1 aliphatic heterocycles. The van der Waals surface area contributed by atoms with Gasteiger partial charge in [-0.05, 0) is 20.8 Å². The largest absolute Gasteiger partial charge is 0.467 e. The molecule has 20 heavy (non-hydrogen) atoms. The van der Waals surface area contributed by atoms with Gasteiger partial charge in [-0.3, -0.25) is 0 Å². The molecule has 1 rings (SSSR count). The van der Waals surface area contributed by atoms with Crippen molar-refractivity contribution in [2.75, 3.05) is 7.11 Å². The third kappa shape index (κ3) is 5.60. The number of amides is 1. The number of esters is 1. The predicted octanol–water partition coefficient (Wildman–Crippen LogP) is 0.690. The van der Waals surface area contributed by atoms with E-state index >= 15 is 0 Å². The zero-order valence-corrected chi connectivity index (χ0v) is 12.9. The van der Waals surface area contributed by atoms with Gasteiger partial charge in [0.1, 0.15) is 17.1 Å². The lowest BCUT2D eigenvalue weighted by Crippen LogP contribution is -2.44. The molecule has 1 heterocycles. The molecule has 0 radical (unpaired) electrons. The van der Waals surface area contributed by atoms with E-state index in [1.165, 1.54) is 7.11 Å². The Morgan fingerprint density at radius 3 is 2.60 bits per heavy atom. The fraction of sp³-hybridized carbons (Fsp3) is 0.667. The minimum atomic E-state index is -0.825. The van der Waals surface area contributed by atoms with E-state index in [1.807, 2.05) is 0 Å². The van der Waals surface area contributed by atoms with Gasteiger partial charge in [-0.1, -0.05) is 0 Å². The molecule has 0 aromatic rings. The van der Waals surface area contributed by atoms with Crippen molar-refractivity contribution < 1.29 is 19.1 Å². The summed E-state index contributed by atoms with van der Waals surface area (Å²) >= 11 is 4.17. The number of thiol groups is 1. The Morgan fingerprint density at radius 1 is 1.50 bits per heavy atom. The molecule has 7 nitrogen and oxygen atoms in total. The number of hydrogen-bond donors (Lipinski definition) is 4. The maximum Gasteiger partial charge on any atom is 0.408 e. The summed E-state index contributed by atoms with van der Waals surface area (Å²) < 4.78 is 9.80. The number of alkyl carbamates (subject to hydrolysis) is 1. The first-order chi connectivity index (χ1) is 9.21. The molecule has 2 atom stereocenters. The van der Waals surface area contributed by atoms with Crippen LogP contribution in [0.1, 0.15) is 27.2 Å². The lowest BCUT2D eigenvalue weighted by atomic mass is 10.1. The predicted molar refractivity (Wildman–Crippen MR) is 76.9 cm³/mol. The van der Waals surface area contributed by atoms with Gasteiger partial charge in [0.25, 0.3) is 0 Å². The van der Waals surface area contributed by atoms with Crippen molar-refractivity contribution in [3.8, 4) is 0 Å². The van der Waals surface area contributed by atoms with Crippen LogP contribution in [-0.4, -0.2) is 36.3 Å². The van der Waals surface area contributed by atoms with Crippen molar-refractivity contribution in [3.63, 3.8) is 0 Å². The summed E-state index contributed by atoms with van der Waals surface area (Å²) in [6.07, 6.45) is 1.29. The first-order valence-corrected chi connectivity index (χ1v) is 6.70. The highest BCUT2D eigenvalue weighted by Crippen LogP contribution is 2.11. The van der Waals surface area contributed by atoms with Gasteiger partial charge in [-0.2, -0.15) is 0 Å². The molecule has 0 aromatic carbocycles. The summed E-state index contributed by atoms with van der Waals surface area (Å²) in [5, 5.41) is 8.41. The summed E-state index contributed by atoms with van der Waals surface area (Å²) in [5.74, 6) is -0.541. The normalized spacial score (nSPS) is 19.2. The van der Waals surface area contributed by atoms with Gasteiger partial charge in [0.15, 0.2) is 0 Å². The second-order valence-electron chi connectivity index (χ2n) is 5.31. The second-order valence-corrected chi connectivity index (χ2v) is 5.83. The van der Waals surface area contributed by atoms with E-state index in [0.29, 0.717) is 0 Å². The number of rotatable bonds is 4. The molecule has 0 aromatic heterocycles. The Hall–Kier alpha value is -1.57. The molecule has 8 heteroatoms. The molecule has 0 spiro atoms. The highest BCUT2D eigenvalue weighted by molar-refractivity contribution is 7.80. The van der Waals surface area contributed by atoms with E-state index in [9.17, 15) is 9.59 Å². The zero-order valence-electron chi connectivity index (χ0n) is 12.0. The van der Waals surface area contributed by atoms with Gasteiger partial charge in [0.2, 0.25) is 0 Å². The van der Waals surface area contributed by atoms with Crippen LogP contribution in [0.3, 0.4) is 0 Å². The van der Waals surface area contributed by atoms with Crippen molar-refractivity contribution in [2.45, 2.75) is 44.3 Å². The number of carbonyl (C=O) groups is 2. The minimum absolute atomic E-state index is 0.204. The summed E-state index contributed by atoms with van der Waals surface area (Å²) in [4.78, 5) is 23.4. The van der Waals surface area contributed by atoms with Crippen LogP contribution in [0.25, 0.3) is 0 Å². The summed E-state index contributed by atoms with van der Waals surface area (Å²) in [6.45, 7) is 5.24. The number of hydrogen-bond acceptors (Lipinski definition) is 7. The molecule has 0 bridgehead atoms. The smallest absolute Gasteiger partial charge is 0.408 e. The molecule has 114 valence electrons. The summed E-state index contributed by atoms with van der Waals surface area (Å²) in [6, 6.07) is -0.825. The van der Waals surface area contributed by atoms with Crippen LogP contribution < -0.4 is 16.0 Å². The number of ether oxygens (including phenoxy) is 2. The highest BCUT2D eigenvalue weighted by atomic mass is 32.1. The maximum atomic E-state index is 11.7. The van der Waals surface area contributed by atoms with Crippen molar-refractivity contribution >= 4 is 24.7 Å². The van der Waals surface area contributed by atoms with Crippen molar-refractivity contribution in [3.05, 3.63) is 11.9 Å². The van der Waals surface area contributed by atoms with Crippen molar-refractivity contribution in [1.82, 2.24) is 16.0 Å². The maximum absolute atomic E-state index is 11.7. The molecular weight excluding hydrogens is 282 g/mol. The van der Waals surface area contributed by atoms with E-state index in [0.717, 1.165) is 5.70 Å². The van der Waals surface area contributed by atoms with E-state index in [-0.39, 0.29) is 11.9 Å². The Bertz CT molecular complexity index is 406. The lowest BCUT2D eigenvalue weighted by Gasteiger charge is -2.22. The molecule has 0 fully saturated rings.